The molecule has 0 aromatic rings. The van der Waals surface area contributed by atoms with Gasteiger partial charge in [0.05, 0.1) is 5.92 Å². The monoisotopic (exact) mass is 337 g/mol. The van der Waals surface area contributed by atoms with E-state index in [-0.39, 0.29) is 17.4 Å². The van der Waals surface area contributed by atoms with Gasteiger partial charge >= 0.3 is 12.1 Å². The number of carbonyl (C=O) groups excluding carboxylic acids is 1. The van der Waals surface area contributed by atoms with Crippen molar-refractivity contribution in [1.29, 1.82) is 0 Å². The number of likely N-dealkylation sites (tertiary alicyclic amines) is 1. The maximum Gasteiger partial charge on any atom is 0.410 e. The Bertz CT molecular complexity index is 502. The minimum atomic E-state index is -0.613. The van der Waals surface area contributed by atoms with Gasteiger partial charge in [-0.1, -0.05) is 12.8 Å². The zero-order valence-corrected chi connectivity index (χ0v) is 15.2. The average Bonchev–Trinajstić information content (AvgIpc) is 2.82. The van der Waals surface area contributed by atoms with Crippen molar-refractivity contribution in [3.05, 3.63) is 0 Å². The predicted octanol–water partition coefficient (Wildman–Crippen LogP) is 3.91. The number of hydrogen-bond acceptors (Lipinski definition) is 3. The average molecular weight is 337 g/mol. The van der Waals surface area contributed by atoms with Gasteiger partial charge in [0, 0.05) is 13.1 Å². The van der Waals surface area contributed by atoms with Crippen LogP contribution in [0.3, 0.4) is 0 Å². The molecule has 1 amide bonds. The third-order valence-electron chi connectivity index (χ3n) is 6.48. The quantitative estimate of drug-likeness (QED) is 0.787. The topological polar surface area (TPSA) is 66.8 Å². The molecule has 136 valence electrons. The van der Waals surface area contributed by atoms with Crippen LogP contribution in [0.2, 0.25) is 0 Å². The van der Waals surface area contributed by atoms with Gasteiger partial charge in [-0.3, -0.25) is 4.79 Å². The summed E-state index contributed by atoms with van der Waals surface area (Å²) in [7, 11) is 0. The number of carboxylic acid groups (broad SMARTS) is 1. The summed E-state index contributed by atoms with van der Waals surface area (Å²) in [5.74, 6) is 0.0965. The largest absolute Gasteiger partial charge is 0.481 e. The first kappa shape index (κ1) is 17.6. The number of hydrogen-bond donors (Lipinski definition) is 1. The van der Waals surface area contributed by atoms with Gasteiger partial charge in [-0.25, -0.2) is 4.79 Å². The van der Waals surface area contributed by atoms with E-state index < -0.39 is 11.6 Å². The Morgan fingerprint density at radius 2 is 1.75 bits per heavy atom. The van der Waals surface area contributed by atoms with Crippen molar-refractivity contribution in [2.75, 3.05) is 13.1 Å². The van der Waals surface area contributed by atoms with E-state index in [1.807, 2.05) is 25.7 Å². The van der Waals surface area contributed by atoms with Gasteiger partial charge in [0.2, 0.25) is 0 Å². The SMILES string of the molecule is CC(C)(C)OC(=O)N1CCC2(CC1)CC(C(=O)O)C1CCCCC12. The molecule has 1 heterocycles. The normalized spacial score (nSPS) is 32.5. The van der Waals surface area contributed by atoms with E-state index in [1.165, 1.54) is 19.3 Å². The molecule has 3 aliphatic rings. The second-order valence-electron chi connectivity index (χ2n) is 9.03. The lowest BCUT2D eigenvalue weighted by molar-refractivity contribution is -0.143. The number of carbonyl (C=O) groups is 2. The molecule has 3 unspecified atom stereocenters. The van der Waals surface area contributed by atoms with Crippen molar-refractivity contribution in [1.82, 2.24) is 4.90 Å². The van der Waals surface area contributed by atoms with Crippen molar-refractivity contribution < 1.29 is 19.4 Å². The minimum absolute atomic E-state index is 0.132. The molecule has 5 nitrogen and oxygen atoms in total. The van der Waals surface area contributed by atoms with Crippen molar-refractivity contribution in [3.63, 3.8) is 0 Å². The van der Waals surface area contributed by atoms with Crippen LogP contribution in [0.1, 0.15) is 65.7 Å². The van der Waals surface area contributed by atoms with E-state index in [1.54, 1.807) is 0 Å². The van der Waals surface area contributed by atoms with Crippen LogP contribution in [0.4, 0.5) is 4.79 Å². The van der Waals surface area contributed by atoms with Crippen LogP contribution < -0.4 is 0 Å². The molecule has 2 aliphatic carbocycles. The van der Waals surface area contributed by atoms with Crippen LogP contribution in [0, 0.1) is 23.2 Å². The maximum atomic E-state index is 12.3. The van der Waals surface area contributed by atoms with Gasteiger partial charge < -0.3 is 14.7 Å². The molecule has 1 saturated heterocycles. The number of amides is 1. The fourth-order valence-electron chi connectivity index (χ4n) is 5.45. The molecule has 1 spiro atoms. The van der Waals surface area contributed by atoms with E-state index in [4.69, 9.17) is 4.74 Å². The molecule has 2 saturated carbocycles. The van der Waals surface area contributed by atoms with E-state index in [0.717, 1.165) is 25.7 Å². The highest BCUT2D eigenvalue weighted by atomic mass is 16.6. The second-order valence-corrected chi connectivity index (χ2v) is 9.03. The number of carboxylic acids is 1. The Balaban J connectivity index is 1.68. The Morgan fingerprint density at radius 1 is 1.12 bits per heavy atom. The standard InChI is InChI=1S/C19H31NO4/c1-18(2,3)24-17(23)20-10-8-19(9-11-20)12-14(16(21)22)13-6-4-5-7-15(13)19/h13-15H,4-12H2,1-3H3,(H,21,22). The third kappa shape index (κ3) is 3.27. The summed E-state index contributed by atoms with van der Waals surface area (Å²) in [5.41, 5.74) is -0.338. The lowest BCUT2D eigenvalue weighted by Crippen LogP contribution is -2.47. The first-order valence-corrected chi connectivity index (χ1v) is 9.43. The first-order valence-electron chi connectivity index (χ1n) is 9.43. The van der Waals surface area contributed by atoms with Crippen molar-refractivity contribution in [3.8, 4) is 0 Å². The zero-order chi connectivity index (χ0) is 17.5. The molecular weight excluding hydrogens is 306 g/mol. The molecule has 0 aromatic carbocycles. The van der Waals surface area contributed by atoms with E-state index in [9.17, 15) is 14.7 Å². The van der Waals surface area contributed by atoms with Crippen molar-refractivity contribution >= 4 is 12.1 Å². The molecule has 0 aromatic heterocycles. The van der Waals surface area contributed by atoms with Gasteiger partial charge in [0.1, 0.15) is 5.60 Å². The number of rotatable bonds is 1. The highest BCUT2D eigenvalue weighted by Gasteiger charge is 2.56. The minimum Gasteiger partial charge on any atom is -0.481 e. The molecule has 3 fully saturated rings. The van der Waals surface area contributed by atoms with Gasteiger partial charge in [0.25, 0.3) is 0 Å². The highest BCUT2D eigenvalue weighted by Crippen LogP contribution is 2.60. The van der Waals surface area contributed by atoms with Gasteiger partial charge in [-0.05, 0) is 70.1 Å². The number of ether oxygens (including phenoxy) is 1. The third-order valence-corrected chi connectivity index (χ3v) is 6.48. The summed E-state index contributed by atoms with van der Waals surface area (Å²) >= 11 is 0. The molecule has 0 bridgehead atoms. The summed E-state index contributed by atoms with van der Waals surface area (Å²) in [5, 5.41) is 9.65. The van der Waals surface area contributed by atoms with Crippen LogP contribution in [0.15, 0.2) is 0 Å². The van der Waals surface area contributed by atoms with Crippen LogP contribution >= 0.6 is 0 Å². The number of fused-ring (bicyclic) bond motifs is 2. The van der Waals surface area contributed by atoms with Crippen LogP contribution in [0.5, 0.6) is 0 Å². The second kappa shape index (κ2) is 6.23. The predicted molar refractivity (Wildman–Crippen MR) is 90.7 cm³/mol. The number of piperidine rings is 1. The molecule has 1 N–H and O–H groups in total. The lowest BCUT2D eigenvalue weighted by Gasteiger charge is -2.45. The molecule has 3 rings (SSSR count). The number of aliphatic carboxylic acids is 1. The fraction of sp³-hybridized carbons (Fsp3) is 0.895. The smallest absolute Gasteiger partial charge is 0.410 e. The van der Waals surface area contributed by atoms with Crippen LogP contribution in [-0.2, 0) is 9.53 Å². The summed E-state index contributed by atoms with van der Waals surface area (Å²) in [6.45, 7) is 7.06. The summed E-state index contributed by atoms with van der Waals surface area (Å²) in [4.78, 5) is 25.8. The highest BCUT2D eigenvalue weighted by molar-refractivity contribution is 5.71. The fourth-order valence-corrected chi connectivity index (χ4v) is 5.45. The molecule has 3 atom stereocenters. The van der Waals surface area contributed by atoms with E-state index >= 15 is 0 Å². The Hall–Kier alpha value is -1.26. The Morgan fingerprint density at radius 3 is 2.33 bits per heavy atom. The molecule has 1 aliphatic heterocycles. The summed E-state index contributed by atoms with van der Waals surface area (Å²) in [6.07, 6.45) is 7.06. The summed E-state index contributed by atoms with van der Waals surface area (Å²) in [6, 6.07) is 0. The van der Waals surface area contributed by atoms with Gasteiger partial charge in [-0.2, -0.15) is 0 Å². The van der Waals surface area contributed by atoms with Gasteiger partial charge in [-0.15, -0.1) is 0 Å². The van der Waals surface area contributed by atoms with E-state index in [2.05, 4.69) is 0 Å². The first-order chi connectivity index (χ1) is 11.2. The Labute approximate surface area is 144 Å². The van der Waals surface area contributed by atoms with Crippen LogP contribution in [0.25, 0.3) is 0 Å². The zero-order valence-electron chi connectivity index (χ0n) is 15.2. The summed E-state index contributed by atoms with van der Waals surface area (Å²) < 4.78 is 5.49. The van der Waals surface area contributed by atoms with Crippen molar-refractivity contribution in [2.24, 2.45) is 23.2 Å². The molecule has 0 radical (unpaired) electrons. The van der Waals surface area contributed by atoms with Crippen LogP contribution in [-0.4, -0.2) is 40.8 Å². The molecule has 24 heavy (non-hydrogen) atoms. The maximum absolute atomic E-state index is 12.3. The molecular formula is C19H31NO4. The van der Waals surface area contributed by atoms with Crippen molar-refractivity contribution in [2.45, 2.75) is 71.3 Å². The van der Waals surface area contributed by atoms with E-state index in [0.29, 0.717) is 24.9 Å². The molecule has 5 heteroatoms. The lowest BCUT2D eigenvalue weighted by atomic mass is 9.65. The Kier molecular flexibility index (Phi) is 4.56. The van der Waals surface area contributed by atoms with Gasteiger partial charge in [0.15, 0.2) is 0 Å². The number of nitrogens with zero attached hydrogens (tertiary/aromatic N) is 1.